The van der Waals surface area contributed by atoms with Gasteiger partial charge in [0.05, 0.1) is 16.8 Å². The predicted molar refractivity (Wildman–Crippen MR) is 99.2 cm³/mol. The molecule has 0 aliphatic carbocycles. The Labute approximate surface area is 151 Å². The average molecular weight is 355 g/mol. The first-order chi connectivity index (χ1) is 12.1. The second-order valence-electron chi connectivity index (χ2n) is 5.78. The molecule has 0 saturated carbocycles. The van der Waals surface area contributed by atoms with Crippen LogP contribution in [-0.4, -0.2) is 42.4 Å². The number of fused-ring (bicyclic) bond motifs is 1. The largest absolute Gasteiger partial charge is 0.338 e. The van der Waals surface area contributed by atoms with E-state index in [2.05, 4.69) is 15.1 Å². The third kappa shape index (κ3) is 3.82. The van der Waals surface area contributed by atoms with Crippen LogP contribution in [0.5, 0.6) is 0 Å². The number of carbonyl (C=O) groups excluding carboxylic acids is 1. The van der Waals surface area contributed by atoms with Crippen molar-refractivity contribution in [3.05, 3.63) is 48.4 Å². The van der Waals surface area contributed by atoms with E-state index in [1.54, 1.807) is 10.9 Å². The number of rotatable bonds is 6. The normalized spacial score (nSPS) is 12.3. The van der Waals surface area contributed by atoms with Gasteiger partial charge < -0.3 is 4.90 Å². The minimum Gasteiger partial charge on any atom is -0.338 e. The summed E-state index contributed by atoms with van der Waals surface area (Å²) in [5.74, 6) is 0.104. The minimum absolute atomic E-state index is 0.104. The molecule has 6 nitrogen and oxygen atoms in total. The number of hydrogen-bond donors (Lipinski definition) is 0. The topological polar surface area (TPSA) is 63.9 Å². The van der Waals surface area contributed by atoms with Crippen molar-refractivity contribution >= 4 is 28.7 Å². The van der Waals surface area contributed by atoms with Crippen LogP contribution in [0.3, 0.4) is 0 Å². The van der Waals surface area contributed by atoms with Crippen LogP contribution < -0.4 is 0 Å². The van der Waals surface area contributed by atoms with Gasteiger partial charge in [-0.15, -0.1) is 0 Å². The number of nitrogens with zero attached hydrogens (tertiary/aromatic N) is 5. The molecule has 3 rings (SSSR count). The fraction of sp³-hybridized carbons (Fsp3) is 0.333. The third-order valence-corrected chi connectivity index (χ3v) is 5.14. The molecular formula is C18H21N5OS. The zero-order chi connectivity index (χ0) is 17.8. The molecule has 7 heteroatoms. The fourth-order valence-corrected chi connectivity index (χ4v) is 3.62. The van der Waals surface area contributed by atoms with Crippen LogP contribution in [0.1, 0.15) is 19.4 Å². The van der Waals surface area contributed by atoms with E-state index in [9.17, 15) is 4.79 Å². The van der Waals surface area contributed by atoms with Gasteiger partial charge in [0.15, 0.2) is 5.65 Å². The van der Waals surface area contributed by atoms with Gasteiger partial charge >= 0.3 is 0 Å². The van der Waals surface area contributed by atoms with Crippen molar-refractivity contribution in [2.75, 3.05) is 6.54 Å². The first-order valence-electron chi connectivity index (χ1n) is 8.22. The van der Waals surface area contributed by atoms with E-state index in [4.69, 9.17) is 0 Å². The Morgan fingerprint density at radius 1 is 1.28 bits per heavy atom. The quantitative estimate of drug-likeness (QED) is 0.502. The molecule has 1 unspecified atom stereocenters. The number of aryl methyl sites for hydroxylation is 1. The molecular weight excluding hydrogens is 334 g/mol. The maximum atomic E-state index is 12.9. The van der Waals surface area contributed by atoms with Gasteiger partial charge in [0.1, 0.15) is 11.4 Å². The molecule has 0 radical (unpaired) electrons. The molecule has 0 aliphatic heterocycles. The second kappa shape index (κ2) is 7.65. The molecule has 0 spiro atoms. The molecule has 2 aromatic heterocycles. The van der Waals surface area contributed by atoms with Gasteiger partial charge in [-0.2, -0.15) is 5.10 Å². The fourth-order valence-electron chi connectivity index (χ4n) is 2.66. The van der Waals surface area contributed by atoms with Crippen LogP contribution in [0.4, 0.5) is 0 Å². The lowest BCUT2D eigenvalue weighted by atomic mass is 10.2. The lowest BCUT2D eigenvalue weighted by Gasteiger charge is -2.24. The van der Waals surface area contributed by atoms with Crippen molar-refractivity contribution in [2.45, 2.75) is 30.7 Å². The van der Waals surface area contributed by atoms with Crippen molar-refractivity contribution in [3.8, 4) is 0 Å². The molecule has 0 bridgehead atoms. The predicted octanol–water partition coefficient (Wildman–Crippen LogP) is 2.89. The summed E-state index contributed by atoms with van der Waals surface area (Å²) < 4.78 is 1.71. The van der Waals surface area contributed by atoms with E-state index >= 15 is 0 Å². The zero-order valence-electron chi connectivity index (χ0n) is 14.6. The number of hydrogen-bond acceptors (Lipinski definition) is 5. The maximum absolute atomic E-state index is 12.9. The lowest BCUT2D eigenvalue weighted by molar-refractivity contribution is -0.130. The van der Waals surface area contributed by atoms with Gasteiger partial charge in [-0.1, -0.05) is 42.1 Å². The van der Waals surface area contributed by atoms with Crippen molar-refractivity contribution in [1.29, 1.82) is 0 Å². The van der Waals surface area contributed by atoms with Crippen molar-refractivity contribution in [3.63, 3.8) is 0 Å². The van der Waals surface area contributed by atoms with Gasteiger partial charge in [0.25, 0.3) is 0 Å². The van der Waals surface area contributed by atoms with E-state index in [-0.39, 0.29) is 11.2 Å². The highest BCUT2D eigenvalue weighted by molar-refractivity contribution is 8.00. The highest BCUT2D eigenvalue weighted by atomic mass is 32.2. The number of benzene rings is 1. The van der Waals surface area contributed by atoms with Gasteiger partial charge in [-0.25, -0.2) is 9.97 Å². The first-order valence-corrected chi connectivity index (χ1v) is 9.10. The summed E-state index contributed by atoms with van der Waals surface area (Å²) in [5.41, 5.74) is 1.90. The van der Waals surface area contributed by atoms with Gasteiger partial charge in [-0.05, 0) is 19.4 Å². The highest BCUT2D eigenvalue weighted by Gasteiger charge is 2.22. The molecule has 1 atom stereocenters. The summed E-state index contributed by atoms with van der Waals surface area (Å²) in [6.45, 7) is 5.21. The first kappa shape index (κ1) is 17.4. The summed E-state index contributed by atoms with van der Waals surface area (Å²) in [5, 5.41) is 5.65. The van der Waals surface area contributed by atoms with Gasteiger partial charge in [0.2, 0.25) is 5.91 Å². The Hall–Kier alpha value is -2.41. The molecule has 25 heavy (non-hydrogen) atoms. The highest BCUT2D eigenvalue weighted by Crippen LogP contribution is 2.28. The Kier molecular flexibility index (Phi) is 5.33. The minimum atomic E-state index is -0.234. The Bertz CT molecular complexity index is 864. The van der Waals surface area contributed by atoms with Crippen molar-refractivity contribution in [2.24, 2.45) is 7.05 Å². The Morgan fingerprint density at radius 2 is 2.04 bits per heavy atom. The molecule has 0 aliphatic rings. The molecule has 0 fully saturated rings. The molecule has 0 N–H and O–H groups in total. The van der Waals surface area contributed by atoms with E-state index in [1.165, 1.54) is 18.1 Å². The van der Waals surface area contributed by atoms with E-state index < -0.39 is 0 Å². The van der Waals surface area contributed by atoms with Crippen molar-refractivity contribution < 1.29 is 4.79 Å². The molecule has 2 heterocycles. The second-order valence-corrected chi connectivity index (χ2v) is 7.11. The van der Waals surface area contributed by atoms with Crippen LogP contribution >= 0.6 is 11.8 Å². The van der Waals surface area contributed by atoms with E-state index in [0.717, 1.165) is 21.6 Å². The number of carbonyl (C=O) groups is 1. The lowest BCUT2D eigenvalue weighted by Crippen LogP contribution is -2.36. The monoisotopic (exact) mass is 355 g/mol. The summed E-state index contributed by atoms with van der Waals surface area (Å²) in [4.78, 5) is 23.3. The van der Waals surface area contributed by atoms with Crippen molar-refractivity contribution in [1.82, 2.24) is 24.6 Å². The molecule has 1 amide bonds. The number of thioether (sulfide) groups is 1. The Morgan fingerprint density at radius 3 is 2.76 bits per heavy atom. The third-order valence-electron chi connectivity index (χ3n) is 4.04. The standard InChI is InChI=1S/C18H21N5OS/c1-4-23(11-14-8-6-5-7-9-14)18(24)13(2)25-17-15-10-21-22(3)16(15)19-12-20-17/h5-10,12-13H,4,11H2,1-3H3. The average Bonchev–Trinajstić information content (AvgIpc) is 3.02. The van der Waals surface area contributed by atoms with Crippen LogP contribution in [0.25, 0.3) is 11.0 Å². The van der Waals surface area contributed by atoms with Gasteiger partial charge in [-0.3, -0.25) is 9.48 Å². The molecule has 3 aromatic rings. The molecule has 1 aromatic carbocycles. The SMILES string of the molecule is CCN(Cc1ccccc1)C(=O)C(C)Sc1ncnc2c1cnn2C. The van der Waals surface area contributed by atoms with Gasteiger partial charge in [0, 0.05) is 20.1 Å². The van der Waals surface area contributed by atoms with Crippen LogP contribution in [-0.2, 0) is 18.4 Å². The number of aromatic nitrogens is 4. The summed E-state index contributed by atoms with van der Waals surface area (Å²) >= 11 is 1.45. The van der Waals surface area contributed by atoms with Crippen LogP contribution in [0.15, 0.2) is 47.9 Å². The van der Waals surface area contributed by atoms with E-state index in [1.807, 2.05) is 56.1 Å². The van der Waals surface area contributed by atoms with E-state index in [0.29, 0.717) is 13.1 Å². The number of amides is 1. The molecule has 0 saturated heterocycles. The van der Waals surface area contributed by atoms with Crippen LogP contribution in [0.2, 0.25) is 0 Å². The zero-order valence-corrected chi connectivity index (χ0v) is 15.4. The summed E-state index contributed by atoms with van der Waals surface area (Å²) in [6.07, 6.45) is 3.27. The maximum Gasteiger partial charge on any atom is 0.236 e. The summed E-state index contributed by atoms with van der Waals surface area (Å²) in [7, 11) is 1.84. The Balaban J connectivity index is 1.74. The molecule has 130 valence electrons. The van der Waals surface area contributed by atoms with Crippen LogP contribution in [0, 0.1) is 0 Å². The smallest absolute Gasteiger partial charge is 0.236 e. The summed E-state index contributed by atoms with van der Waals surface area (Å²) in [6, 6.07) is 10.0.